The Morgan fingerprint density at radius 1 is 1.35 bits per heavy atom. The lowest BCUT2D eigenvalue weighted by Gasteiger charge is -2.08. The highest BCUT2D eigenvalue weighted by molar-refractivity contribution is 5.15. The minimum Gasteiger partial charge on any atom is -0.468 e. The maximum atomic E-state index is 11.9. The molecule has 0 bridgehead atoms. The molecule has 1 heterocycles. The Morgan fingerprint density at radius 2 is 2.10 bits per heavy atom. The van der Waals surface area contributed by atoms with Gasteiger partial charge in [-0.25, -0.2) is 0 Å². The first kappa shape index (κ1) is 17.0. The number of hydrogen-bond donors (Lipinski definition) is 1. The van der Waals surface area contributed by atoms with Crippen LogP contribution in [-0.2, 0) is 17.9 Å². The summed E-state index contributed by atoms with van der Waals surface area (Å²) in [7, 11) is 0. The summed E-state index contributed by atoms with van der Waals surface area (Å²) in [5, 5.41) is 3.25. The third-order valence-corrected chi connectivity index (χ3v) is 2.68. The van der Waals surface area contributed by atoms with Crippen molar-refractivity contribution in [3.63, 3.8) is 0 Å². The lowest BCUT2D eigenvalue weighted by molar-refractivity contribution is -0.138. The van der Waals surface area contributed by atoms with Gasteiger partial charge >= 0.3 is 6.18 Å². The molecular formula is C14H22F3NO2. The van der Waals surface area contributed by atoms with Crippen molar-refractivity contribution in [2.24, 2.45) is 5.92 Å². The summed E-state index contributed by atoms with van der Waals surface area (Å²) in [5.74, 6) is 1.33. The molecule has 0 amide bonds. The quantitative estimate of drug-likeness (QED) is 0.702. The van der Waals surface area contributed by atoms with Gasteiger partial charge in [-0.3, -0.25) is 0 Å². The van der Waals surface area contributed by atoms with Crippen LogP contribution in [0.25, 0.3) is 0 Å². The zero-order chi connectivity index (χ0) is 15.0. The van der Waals surface area contributed by atoms with Gasteiger partial charge in [-0.05, 0) is 24.9 Å². The minimum absolute atomic E-state index is 0.0116. The average Bonchev–Trinajstić information content (AvgIpc) is 2.74. The van der Waals surface area contributed by atoms with Gasteiger partial charge in [-0.15, -0.1) is 0 Å². The van der Waals surface area contributed by atoms with Gasteiger partial charge in [-0.1, -0.05) is 13.8 Å². The highest BCUT2D eigenvalue weighted by Gasteiger charge is 2.25. The topological polar surface area (TPSA) is 34.4 Å². The molecule has 6 heteroatoms. The molecule has 1 N–H and O–H groups in total. The van der Waals surface area contributed by atoms with Crippen molar-refractivity contribution in [1.82, 2.24) is 5.32 Å². The highest BCUT2D eigenvalue weighted by Crippen LogP contribution is 2.21. The highest BCUT2D eigenvalue weighted by atomic mass is 19.4. The molecule has 0 unspecified atom stereocenters. The fraction of sp³-hybridized carbons (Fsp3) is 0.714. The number of hydrogen-bond acceptors (Lipinski definition) is 3. The van der Waals surface area contributed by atoms with E-state index in [1.54, 1.807) is 12.3 Å². The van der Waals surface area contributed by atoms with Crippen LogP contribution < -0.4 is 5.32 Å². The fourth-order valence-electron chi connectivity index (χ4n) is 1.68. The molecule has 1 aromatic rings. The molecule has 1 aromatic heterocycles. The number of halogens is 3. The molecule has 0 saturated heterocycles. The second-order valence-electron chi connectivity index (χ2n) is 5.17. The van der Waals surface area contributed by atoms with Gasteiger partial charge < -0.3 is 14.5 Å². The van der Waals surface area contributed by atoms with Gasteiger partial charge in [0.1, 0.15) is 5.76 Å². The molecule has 0 fully saturated rings. The maximum Gasteiger partial charge on any atom is 0.389 e. The standard InChI is InChI=1S/C14H22F3NO2/c1-11(2)8-18-9-13-12(4-7-20-13)10-19-6-3-5-14(15,16)17/h4,7,11,18H,3,5-6,8-10H2,1-2H3. The number of ether oxygens (including phenoxy) is 1. The van der Waals surface area contributed by atoms with Gasteiger partial charge in [0, 0.05) is 18.6 Å². The van der Waals surface area contributed by atoms with E-state index in [9.17, 15) is 13.2 Å². The third kappa shape index (κ3) is 7.55. The van der Waals surface area contributed by atoms with Crippen molar-refractivity contribution in [3.8, 4) is 0 Å². The van der Waals surface area contributed by atoms with Crippen LogP contribution in [0.1, 0.15) is 38.0 Å². The number of furan rings is 1. The van der Waals surface area contributed by atoms with Gasteiger partial charge in [0.2, 0.25) is 0 Å². The van der Waals surface area contributed by atoms with Gasteiger partial charge in [0.05, 0.1) is 19.4 Å². The summed E-state index contributed by atoms with van der Waals surface area (Å²) in [6, 6.07) is 1.79. The molecule has 3 nitrogen and oxygen atoms in total. The van der Waals surface area contributed by atoms with E-state index in [1.807, 2.05) is 0 Å². The summed E-state index contributed by atoms with van der Waals surface area (Å²) in [6.45, 7) is 6.09. The molecule has 0 spiro atoms. The summed E-state index contributed by atoms with van der Waals surface area (Å²) < 4.78 is 46.4. The summed E-state index contributed by atoms with van der Waals surface area (Å²) in [4.78, 5) is 0. The van der Waals surface area contributed by atoms with E-state index in [0.29, 0.717) is 12.5 Å². The molecule has 0 saturated carbocycles. The first-order chi connectivity index (χ1) is 9.38. The Balaban J connectivity index is 2.22. The van der Waals surface area contributed by atoms with E-state index in [4.69, 9.17) is 9.15 Å². The minimum atomic E-state index is -4.11. The monoisotopic (exact) mass is 293 g/mol. The summed E-state index contributed by atoms with van der Waals surface area (Å²) in [5.41, 5.74) is 0.883. The molecule has 0 aliphatic carbocycles. The van der Waals surface area contributed by atoms with E-state index in [1.165, 1.54) is 0 Å². The summed E-state index contributed by atoms with van der Waals surface area (Å²) >= 11 is 0. The van der Waals surface area contributed by atoms with Crippen LogP contribution in [0.15, 0.2) is 16.7 Å². The molecule has 0 aliphatic heterocycles. The van der Waals surface area contributed by atoms with E-state index in [0.717, 1.165) is 17.9 Å². The Kier molecular flexibility index (Phi) is 7.09. The van der Waals surface area contributed by atoms with Crippen LogP contribution in [0.3, 0.4) is 0 Å². The van der Waals surface area contributed by atoms with Crippen LogP contribution in [0, 0.1) is 5.92 Å². The molecule has 0 atom stereocenters. The van der Waals surface area contributed by atoms with Crippen molar-refractivity contribution in [1.29, 1.82) is 0 Å². The lowest BCUT2D eigenvalue weighted by Crippen LogP contribution is -2.19. The fourth-order valence-corrected chi connectivity index (χ4v) is 1.68. The number of rotatable bonds is 9. The Hall–Kier alpha value is -1.01. The lowest BCUT2D eigenvalue weighted by atomic mass is 10.2. The van der Waals surface area contributed by atoms with Crippen molar-refractivity contribution in [2.45, 2.75) is 46.0 Å². The van der Waals surface area contributed by atoms with E-state index < -0.39 is 12.6 Å². The van der Waals surface area contributed by atoms with Crippen molar-refractivity contribution < 1.29 is 22.3 Å². The van der Waals surface area contributed by atoms with Crippen molar-refractivity contribution in [3.05, 3.63) is 23.7 Å². The smallest absolute Gasteiger partial charge is 0.389 e. The third-order valence-electron chi connectivity index (χ3n) is 2.68. The molecule has 0 aliphatic rings. The van der Waals surface area contributed by atoms with Crippen LogP contribution in [0.2, 0.25) is 0 Å². The van der Waals surface area contributed by atoms with Crippen LogP contribution in [-0.4, -0.2) is 19.3 Å². The Bertz CT molecular complexity index is 375. The van der Waals surface area contributed by atoms with E-state index >= 15 is 0 Å². The van der Waals surface area contributed by atoms with E-state index in [-0.39, 0.29) is 19.6 Å². The Labute approximate surface area is 117 Å². The van der Waals surface area contributed by atoms with Crippen molar-refractivity contribution in [2.75, 3.05) is 13.2 Å². The molecular weight excluding hydrogens is 271 g/mol. The largest absolute Gasteiger partial charge is 0.468 e. The normalized spacial score (nSPS) is 12.3. The van der Waals surface area contributed by atoms with Crippen LogP contribution >= 0.6 is 0 Å². The SMILES string of the molecule is CC(C)CNCc1occc1COCCCC(F)(F)F. The first-order valence-electron chi connectivity index (χ1n) is 6.79. The van der Waals surface area contributed by atoms with Crippen LogP contribution in [0.4, 0.5) is 13.2 Å². The molecule has 116 valence electrons. The molecule has 0 radical (unpaired) electrons. The second kappa shape index (κ2) is 8.32. The van der Waals surface area contributed by atoms with Crippen molar-refractivity contribution >= 4 is 0 Å². The predicted molar refractivity (Wildman–Crippen MR) is 70.2 cm³/mol. The maximum absolute atomic E-state index is 11.9. The van der Waals surface area contributed by atoms with E-state index in [2.05, 4.69) is 19.2 Å². The van der Waals surface area contributed by atoms with Crippen LogP contribution in [0.5, 0.6) is 0 Å². The van der Waals surface area contributed by atoms with Gasteiger partial charge in [0.15, 0.2) is 0 Å². The number of alkyl halides is 3. The molecule has 0 aromatic carbocycles. The average molecular weight is 293 g/mol. The molecule has 20 heavy (non-hydrogen) atoms. The predicted octanol–water partition coefficient (Wildman–Crippen LogP) is 3.88. The van der Waals surface area contributed by atoms with Gasteiger partial charge in [0.25, 0.3) is 0 Å². The Morgan fingerprint density at radius 3 is 2.75 bits per heavy atom. The molecule has 1 rings (SSSR count). The zero-order valence-corrected chi connectivity index (χ0v) is 11.9. The number of nitrogens with one attached hydrogen (secondary N) is 1. The summed E-state index contributed by atoms with van der Waals surface area (Å²) in [6.07, 6.45) is -3.35. The first-order valence-corrected chi connectivity index (χ1v) is 6.79. The zero-order valence-electron chi connectivity index (χ0n) is 11.9. The van der Waals surface area contributed by atoms with Gasteiger partial charge in [-0.2, -0.15) is 13.2 Å². The second-order valence-corrected chi connectivity index (χ2v) is 5.17.